The minimum Gasteiger partial charge on any atom is -0.375 e. The SMILES string of the molecule is CN(C)c1cc(-c2ccc(Cn3cnn(C/C(=C/F)CN)c3=O)s2)ccc1F. The van der Waals surface area contributed by atoms with E-state index in [2.05, 4.69) is 5.10 Å². The second kappa shape index (κ2) is 8.49. The number of thiophene rings is 1. The predicted molar refractivity (Wildman–Crippen MR) is 108 cm³/mol. The zero-order valence-corrected chi connectivity index (χ0v) is 16.4. The number of benzene rings is 1. The van der Waals surface area contributed by atoms with Crippen LogP contribution in [0.4, 0.5) is 14.5 Å². The lowest BCUT2D eigenvalue weighted by Gasteiger charge is -2.14. The van der Waals surface area contributed by atoms with Gasteiger partial charge in [0.05, 0.1) is 25.1 Å². The topological polar surface area (TPSA) is 69.1 Å². The molecule has 0 fully saturated rings. The van der Waals surface area contributed by atoms with E-state index >= 15 is 0 Å². The molecule has 0 aliphatic carbocycles. The van der Waals surface area contributed by atoms with E-state index in [-0.39, 0.29) is 24.6 Å². The summed E-state index contributed by atoms with van der Waals surface area (Å²) in [6.07, 6.45) is 1.83. The lowest BCUT2D eigenvalue weighted by Crippen LogP contribution is -2.26. The molecule has 0 bridgehead atoms. The van der Waals surface area contributed by atoms with Crippen molar-refractivity contribution in [2.24, 2.45) is 5.73 Å². The molecule has 0 amide bonds. The molecule has 148 valence electrons. The van der Waals surface area contributed by atoms with E-state index in [4.69, 9.17) is 5.73 Å². The Bertz CT molecular complexity index is 1050. The largest absolute Gasteiger partial charge is 0.375 e. The van der Waals surface area contributed by atoms with Crippen molar-refractivity contribution < 1.29 is 8.78 Å². The van der Waals surface area contributed by atoms with Gasteiger partial charge >= 0.3 is 5.69 Å². The first kappa shape index (κ1) is 20.0. The molecule has 28 heavy (non-hydrogen) atoms. The molecule has 2 N–H and O–H groups in total. The van der Waals surface area contributed by atoms with Crippen LogP contribution in [0.2, 0.25) is 0 Å². The van der Waals surface area contributed by atoms with Crippen LogP contribution in [0.1, 0.15) is 4.88 Å². The maximum atomic E-state index is 13.9. The highest BCUT2D eigenvalue weighted by molar-refractivity contribution is 7.15. The van der Waals surface area contributed by atoms with Gasteiger partial charge in [0.2, 0.25) is 0 Å². The summed E-state index contributed by atoms with van der Waals surface area (Å²) in [4.78, 5) is 16.1. The van der Waals surface area contributed by atoms with Crippen molar-refractivity contribution in [3.8, 4) is 10.4 Å². The first-order valence-corrected chi connectivity index (χ1v) is 9.41. The molecule has 2 aromatic heterocycles. The highest BCUT2D eigenvalue weighted by Crippen LogP contribution is 2.31. The quantitative estimate of drug-likeness (QED) is 0.656. The second-order valence-corrected chi connectivity index (χ2v) is 7.67. The van der Waals surface area contributed by atoms with Crippen LogP contribution in [0, 0.1) is 5.82 Å². The summed E-state index contributed by atoms with van der Waals surface area (Å²) in [5.41, 5.74) is 6.80. The van der Waals surface area contributed by atoms with E-state index in [1.807, 2.05) is 12.1 Å². The van der Waals surface area contributed by atoms with Crippen LogP contribution in [-0.4, -0.2) is 35.0 Å². The Hall–Kier alpha value is -2.78. The number of halogens is 2. The second-order valence-electron chi connectivity index (χ2n) is 6.50. The number of anilines is 1. The molecule has 0 saturated carbocycles. The average Bonchev–Trinajstić information content (AvgIpc) is 3.28. The van der Waals surface area contributed by atoms with Gasteiger partial charge in [0.25, 0.3) is 0 Å². The molecular formula is C19H21F2N5OS. The van der Waals surface area contributed by atoms with Crippen molar-refractivity contribution in [3.05, 3.63) is 69.7 Å². The van der Waals surface area contributed by atoms with Gasteiger partial charge in [-0.2, -0.15) is 5.10 Å². The molecule has 6 nitrogen and oxygen atoms in total. The molecule has 1 aromatic carbocycles. The summed E-state index contributed by atoms with van der Waals surface area (Å²) < 4.78 is 29.2. The third-order valence-electron chi connectivity index (χ3n) is 4.27. The predicted octanol–water partition coefficient (Wildman–Crippen LogP) is 2.84. The zero-order chi connectivity index (χ0) is 20.3. The van der Waals surface area contributed by atoms with Crippen molar-refractivity contribution in [1.29, 1.82) is 0 Å². The van der Waals surface area contributed by atoms with Crippen LogP contribution in [0.5, 0.6) is 0 Å². The normalized spacial score (nSPS) is 11.8. The maximum Gasteiger partial charge on any atom is 0.346 e. The summed E-state index contributed by atoms with van der Waals surface area (Å²) >= 11 is 1.52. The molecule has 0 saturated heterocycles. The zero-order valence-electron chi connectivity index (χ0n) is 15.6. The van der Waals surface area contributed by atoms with Crippen molar-refractivity contribution in [1.82, 2.24) is 14.3 Å². The van der Waals surface area contributed by atoms with Crippen LogP contribution in [0.25, 0.3) is 10.4 Å². The van der Waals surface area contributed by atoms with E-state index in [9.17, 15) is 13.6 Å². The molecule has 0 aliphatic heterocycles. The van der Waals surface area contributed by atoms with E-state index in [0.717, 1.165) is 15.3 Å². The Morgan fingerprint density at radius 2 is 2.11 bits per heavy atom. The Labute approximate surface area is 165 Å². The third kappa shape index (κ3) is 4.20. The Balaban J connectivity index is 1.80. The van der Waals surface area contributed by atoms with Gasteiger partial charge in [-0.1, -0.05) is 6.07 Å². The molecule has 3 aromatic rings. The minimum atomic E-state index is -0.334. The molecule has 3 rings (SSSR count). The first-order valence-electron chi connectivity index (χ1n) is 8.59. The van der Waals surface area contributed by atoms with Gasteiger partial charge in [0.1, 0.15) is 12.1 Å². The van der Waals surface area contributed by atoms with Gasteiger partial charge in [0.15, 0.2) is 0 Å². The summed E-state index contributed by atoms with van der Waals surface area (Å²) in [6, 6.07) is 8.86. The van der Waals surface area contributed by atoms with E-state index in [1.54, 1.807) is 31.1 Å². The minimum absolute atomic E-state index is 0.0245. The van der Waals surface area contributed by atoms with Crippen LogP contribution in [0.15, 0.2) is 53.4 Å². The molecule has 9 heteroatoms. The molecular weight excluding hydrogens is 384 g/mol. The summed E-state index contributed by atoms with van der Waals surface area (Å²) in [5.74, 6) is -0.274. The Morgan fingerprint density at radius 1 is 1.32 bits per heavy atom. The highest BCUT2D eigenvalue weighted by atomic mass is 32.1. The van der Waals surface area contributed by atoms with Gasteiger partial charge in [0, 0.05) is 30.4 Å². The standard InChI is InChI=1S/C19H21F2N5OS/c1-24(2)17-7-14(3-5-16(17)21)18-6-4-15(28-18)11-25-12-23-26(19(25)27)10-13(8-20)9-22/h3-8,12H,9-11,22H2,1-2H3/b13-8+. The Kier molecular flexibility index (Phi) is 6.05. The van der Waals surface area contributed by atoms with Gasteiger partial charge in [-0.15, -0.1) is 11.3 Å². The van der Waals surface area contributed by atoms with E-state index in [0.29, 0.717) is 24.1 Å². The Morgan fingerprint density at radius 3 is 2.79 bits per heavy atom. The third-order valence-corrected chi connectivity index (χ3v) is 5.39. The van der Waals surface area contributed by atoms with Crippen LogP contribution in [-0.2, 0) is 13.1 Å². The molecule has 0 atom stereocenters. The first-order chi connectivity index (χ1) is 13.4. The number of hydrogen-bond acceptors (Lipinski definition) is 5. The van der Waals surface area contributed by atoms with E-state index < -0.39 is 0 Å². The van der Waals surface area contributed by atoms with Crippen molar-refractivity contribution in [2.75, 3.05) is 25.5 Å². The van der Waals surface area contributed by atoms with Gasteiger partial charge < -0.3 is 10.6 Å². The van der Waals surface area contributed by atoms with Crippen LogP contribution in [0.3, 0.4) is 0 Å². The lowest BCUT2D eigenvalue weighted by molar-refractivity contribution is 0.604. The number of rotatable bonds is 7. The number of aromatic nitrogens is 3. The summed E-state index contributed by atoms with van der Waals surface area (Å²) in [5, 5.41) is 4.01. The van der Waals surface area contributed by atoms with Crippen LogP contribution < -0.4 is 16.3 Å². The smallest absolute Gasteiger partial charge is 0.346 e. The molecule has 0 aliphatic rings. The van der Waals surface area contributed by atoms with E-state index in [1.165, 1.54) is 33.0 Å². The van der Waals surface area contributed by atoms with Gasteiger partial charge in [-0.3, -0.25) is 4.57 Å². The van der Waals surface area contributed by atoms with Crippen molar-refractivity contribution in [3.63, 3.8) is 0 Å². The monoisotopic (exact) mass is 405 g/mol. The molecule has 0 unspecified atom stereocenters. The fraction of sp³-hybridized carbons (Fsp3) is 0.263. The molecule has 0 spiro atoms. The van der Waals surface area contributed by atoms with Crippen molar-refractivity contribution in [2.45, 2.75) is 13.1 Å². The molecule has 0 radical (unpaired) electrons. The average molecular weight is 405 g/mol. The van der Waals surface area contributed by atoms with Gasteiger partial charge in [-0.25, -0.2) is 18.3 Å². The number of hydrogen-bond donors (Lipinski definition) is 1. The fourth-order valence-electron chi connectivity index (χ4n) is 2.72. The lowest BCUT2D eigenvalue weighted by atomic mass is 10.1. The van der Waals surface area contributed by atoms with Crippen molar-refractivity contribution >= 4 is 17.0 Å². The highest BCUT2D eigenvalue weighted by Gasteiger charge is 2.11. The van der Waals surface area contributed by atoms with Crippen LogP contribution >= 0.6 is 11.3 Å². The van der Waals surface area contributed by atoms with Gasteiger partial charge in [-0.05, 0) is 35.4 Å². The summed E-state index contributed by atoms with van der Waals surface area (Å²) in [7, 11) is 3.58. The maximum absolute atomic E-state index is 13.9. The fourth-order valence-corrected chi connectivity index (χ4v) is 3.72. The molecule has 2 heterocycles. The number of nitrogens with zero attached hydrogens (tertiary/aromatic N) is 4. The summed E-state index contributed by atoms with van der Waals surface area (Å²) in [6.45, 7) is 0.399. The number of nitrogens with two attached hydrogens (primary N) is 1.